The minimum atomic E-state index is 0.268. The zero-order valence-corrected chi connectivity index (χ0v) is 44.5. The average Bonchev–Trinajstić information content (AvgIpc) is 3.62. The van der Waals surface area contributed by atoms with Crippen molar-refractivity contribution < 1.29 is 0 Å². The van der Waals surface area contributed by atoms with Gasteiger partial charge in [0.05, 0.1) is 11.4 Å². The zero-order chi connectivity index (χ0) is 52.1. The molecule has 12 aromatic rings. The maximum absolute atomic E-state index is 2.52. The van der Waals surface area contributed by atoms with E-state index in [4.69, 9.17) is 0 Å². The van der Waals surface area contributed by atoms with Crippen LogP contribution >= 0.6 is 0 Å². The zero-order valence-electron chi connectivity index (χ0n) is 44.5. The van der Waals surface area contributed by atoms with E-state index in [-0.39, 0.29) is 11.8 Å². The highest BCUT2D eigenvalue weighted by molar-refractivity contribution is 6.30. The quantitative estimate of drug-likeness (QED) is 0.0889. The monoisotopic (exact) mass is 981 g/mol. The molecule has 0 heterocycles. The molecule has 12 aromatic carbocycles. The van der Waals surface area contributed by atoms with E-state index in [2.05, 4.69) is 292 Å². The number of nitrogens with zero attached hydrogens (tertiary/aromatic N) is 2. The number of hydrogen-bond donors (Lipinski definition) is 0. The standard InChI is InChI=1S/C70H56N2.C4H8/c1-47(2)63-45-65-67(71(57-35-31-53(32-36-57)49-19-9-5-10-20-49)59-29-17-27-55(43-59)51-23-13-7-14-24-51)42-40-62-64(48(3)4)46-66-68(41-39-61(63)69(66)70(62)65)72(58-37-33-54(34-38-58)50-21-11-6-12-22-50)60-30-18-28-56(44-60)52-25-15-8-16-26-52;1-3-4-2/h5-48H,1-4H3;3-4H,1-2H3/b;4-3-. The van der Waals surface area contributed by atoms with E-state index < -0.39 is 0 Å². The molecule has 76 heavy (non-hydrogen) atoms. The van der Waals surface area contributed by atoms with E-state index in [1.165, 1.54) is 88.0 Å². The van der Waals surface area contributed by atoms with Gasteiger partial charge in [0.1, 0.15) is 0 Å². The molecule has 0 saturated heterocycles. The Morgan fingerprint density at radius 1 is 0.263 bits per heavy atom. The van der Waals surface area contributed by atoms with Gasteiger partial charge in [-0.2, -0.15) is 0 Å². The van der Waals surface area contributed by atoms with Crippen molar-refractivity contribution in [1.29, 1.82) is 0 Å². The van der Waals surface area contributed by atoms with Crippen molar-refractivity contribution in [2.24, 2.45) is 0 Å². The lowest BCUT2D eigenvalue weighted by atomic mass is 9.83. The number of benzene rings is 12. The van der Waals surface area contributed by atoms with Crippen LogP contribution in [0.3, 0.4) is 0 Å². The van der Waals surface area contributed by atoms with Gasteiger partial charge in [-0.15, -0.1) is 0 Å². The molecule has 0 fully saturated rings. The Labute approximate surface area is 449 Å². The largest absolute Gasteiger partial charge is 0.310 e. The van der Waals surface area contributed by atoms with Crippen LogP contribution in [0.5, 0.6) is 0 Å². The van der Waals surface area contributed by atoms with E-state index in [1.54, 1.807) is 0 Å². The van der Waals surface area contributed by atoms with Gasteiger partial charge in [-0.05, 0) is 176 Å². The van der Waals surface area contributed by atoms with Crippen LogP contribution in [0.2, 0.25) is 0 Å². The van der Waals surface area contributed by atoms with Crippen LogP contribution in [-0.4, -0.2) is 0 Å². The molecule has 0 amide bonds. The molecule has 0 aliphatic heterocycles. The van der Waals surface area contributed by atoms with Gasteiger partial charge in [0.25, 0.3) is 0 Å². The summed E-state index contributed by atoms with van der Waals surface area (Å²) in [6.45, 7) is 13.4. The SMILES string of the molecule is C/C=C\C.CC(C)c1cc2c(N(c3ccc(-c4ccccc4)cc3)c3cccc(-c4ccccc4)c3)ccc3c(C(C)C)cc4c(N(c5ccc(-c6ccccc6)cc5)c5cccc(-c6ccccc6)c5)ccc1c4c32. The van der Waals surface area contributed by atoms with Crippen LogP contribution in [0.15, 0.2) is 267 Å². The highest BCUT2D eigenvalue weighted by Gasteiger charge is 2.26. The third-order valence-electron chi connectivity index (χ3n) is 14.9. The van der Waals surface area contributed by atoms with Crippen molar-refractivity contribution in [3.63, 3.8) is 0 Å². The summed E-state index contributed by atoms with van der Waals surface area (Å²) in [5.41, 5.74) is 19.0. The van der Waals surface area contributed by atoms with Gasteiger partial charge in [0.15, 0.2) is 0 Å². The molecule has 0 aromatic heterocycles. The third-order valence-corrected chi connectivity index (χ3v) is 14.9. The highest BCUT2D eigenvalue weighted by atomic mass is 15.1. The van der Waals surface area contributed by atoms with Gasteiger partial charge >= 0.3 is 0 Å². The van der Waals surface area contributed by atoms with Gasteiger partial charge in [-0.3, -0.25) is 0 Å². The Morgan fingerprint density at radius 3 is 0.882 bits per heavy atom. The van der Waals surface area contributed by atoms with Crippen LogP contribution < -0.4 is 9.80 Å². The summed E-state index contributed by atoms with van der Waals surface area (Å²) in [5.74, 6) is 0.536. The summed E-state index contributed by atoms with van der Waals surface area (Å²) in [6.07, 6.45) is 4.00. The van der Waals surface area contributed by atoms with Gasteiger partial charge in [0.2, 0.25) is 0 Å². The summed E-state index contributed by atoms with van der Waals surface area (Å²) in [7, 11) is 0. The number of anilines is 6. The van der Waals surface area contributed by atoms with Crippen LogP contribution in [0.4, 0.5) is 34.1 Å². The van der Waals surface area contributed by atoms with Crippen LogP contribution in [-0.2, 0) is 0 Å². The van der Waals surface area contributed by atoms with Crippen molar-refractivity contribution in [3.05, 3.63) is 278 Å². The van der Waals surface area contributed by atoms with Crippen molar-refractivity contribution in [2.75, 3.05) is 9.80 Å². The first-order valence-electron chi connectivity index (χ1n) is 26.9. The lowest BCUT2D eigenvalue weighted by Crippen LogP contribution is -2.12. The Morgan fingerprint density at radius 2 is 0.566 bits per heavy atom. The fourth-order valence-electron chi connectivity index (χ4n) is 11.0. The highest BCUT2D eigenvalue weighted by Crippen LogP contribution is 2.51. The molecule has 0 atom stereocenters. The normalized spacial score (nSPS) is 11.5. The van der Waals surface area contributed by atoms with Gasteiger partial charge in [-0.1, -0.05) is 222 Å². The maximum atomic E-state index is 2.52. The summed E-state index contributed by atoms with van der Waals surface area (Å²) in [4.78, 5) is 4.98. The molecule has 0 saturated carbocycles. The van der Waals surface area contributed by atoms with E-state index in [9.17, 15) is 0 Å². The average molecular weight is 981 g/mol. The molecular weight excluding hydrogens is 917 g/mol. The summed E-state index contributed by atoms with van der Waals surface area (Å²) >= 11 is 0. The van der Waals surface area contributed by atoms with Crippen LogP contribution in [0, 0.1) is 0 Å². The second-order valence-electron chi connectivity index (χ2n) is 20.3. The second kappa shape index (κ2) is 21.9. The third kappa shape index (κ3) is 9.67. The fraction of sp³-hybridized carbons (Fsp3) is 0.108. The molecule has 0 aliphatic carbocycles. The molecule has 2 nitrogen and oxygen atoms in total. The number of hydrogen-bond acceptors (Lipinski definition) is 2. The van der Waals surface area contributed by atoms with Crippen LogP contribution in [0.25, 0.3) is 76.8 Å². The molecule has 12 rings (SSSR count). The lowest BCUT2D eigenvalue weighted by Gasteiger charge is -2.31. The lowest BCUT2D eigenvalue weighted by molar-refractivity contribution is 0.876. The molecule has 0 bridgehead atoms. The van der Waals surface area contributed by atoms with Crippen molar-refractivity contribution >= 4 is 66.4 Å². The minimum Gasteiger partial charge on any atom is -0.310 e. The molecule has 2 heteroatoms. The number of allylic oxidation sites excluding steroid dienone is 2. The Kier molecular flexibility index (Phi) is 14.2. The first kappa shape index (κ1) is 49.2. The predicted molar refractivity (Wildman–Crippen MR) is 330 cm³/mol. The molecule has 0 N–H and O–H groups in total. The summed E-state index contributed by atoms with van der Waals surface area (Å²) in [6, 6.07) is 93.8. The first-order chi connectivity index (χ1) is 37.3. The van der Waals surface area contributed by atoms with Gasteiger partial charge < -0.3 is 9.80 Å². The molecular formula is C74H64N2. The van der Waals surface area contributed by atoms with E-state index in [1.807, 2.05) is 26.0 Å². The molecule has 0 unspecified atom stereocenters. The molecule has 370 valence electrons. The van der Waals surface area contributed by atoms with E-state index >= 15 is 0 Å². The van der Waals surface area contributed by atoms with E-state index in [0.717, 1.165) is 34.1 Å². The van der Waals surface area contributed by atoms with Crippen molar-refractivity contribution in [3.8, 4) is 44.5 Å². The molecule has 0 radical (unpaired) electrons. The summed E-state index contributed by atoms with van der Waals surface area (Å²) < 4.78 is 0. The predicted octanol–water partition coefficient (Wildman–Crippen LogP) is 22.0. The first-order valence-corrected chi connectivity index (χ1v) is 26.9. The van der Waals surface area contributed by atoms with Gasteiger partial charge in [-0.25, -0.2) is 0 Å². The second-order valence-corrected chi connectivity index (χ2v) is 20.3. The smallest absolute Gasteiger partial charge is 0.0540 e. The number of rotatable bonds is 12. The Balaban J connectivity index is 0.00000149. The van der Waals surface area contributed by atoms with Crippen molar-refractivity contribution in [1.82, 2.24) is 0 Å². The van der Waals surface area contributed by atoms with E-state index in [0.29, 0.717) is 0 Å². The van der Waals surface area contributed by atoms with Crippen LogP contribution in [0.1, 0.15) is 64.5 Å². The Hall–Kier alpha value is -8.98. The minimum absolute atomic E-state index is 0.268. The summed E-state index contributed by atoms with van der Waals surface area (Å²) in [5, 5.41) is 7.70. The topological polar surface area (TPSA) is 6.48 Å². The molecule has 0 aliphatic rings. The Bertz CT molecular complexity index is 3650. The maximum Gasteiger partial charge on any atom is 0.0540 e. The molecule has 0 spiro atoms. The van der Waals surface area contributed by atoms with Crippen molar-refractivity contribution in [2.45, 2.75) is 53.4 Å². The van der Waals surface area contributed by atoms with Gasteiger partial charge in [0, 0.05) is 33.5 Å². The fourth-order valence-corrected chi connectivity index (χ4v) is 11.0.